The lowest BCUT2D eigenvalue weighted by Crippen LogP contribution is -2.04. The van der Waals surface area contributed by atoms with Gasteiger partial charge in [0.15, 0.2) is 5.76 Å². The minimum Gasteiger partial charge on any atom is -0.453 e. The van der Waals surface area contributed by atoms with Crippen LogP contribution < -0.4 is 5.73 Å². The number of ketones is 1. The molecule has 1 heterocycles. The van der Waals surface area contributed by atoms with E-state index in [9.17, 15) is 9.18 Å². The Morgan fingerprint density at radius 2 is 1.95 bits per heavy atom. The molecule has 0 aliphatic rings. The van der Waals surface area contributed by atoms with E-state index in [0.29, 0.717) is 21.6 Å². The molecule has 3 nitrogen and oxygen atoms in total. The summed E-state index contributed by atoms with van der Waals surface area (Å²) in [6.07, 6.45) is 0. The molecule has 0 fully saturated rings. The Labute approximate surface area is 118 Å². The van der Waals surface area contributed by atoms with Gasteiger partial charge in [0.2, 0.25) is 5.78 Å². The summed E-state index contributed by atoms with van der Waals surface area (Å²) >= 11 is 5.79. The third-order valence-electron chi connectivity index (χ3n) is 2.96. The van der Waals surface area contributed by atoms with Gasteiger partial charge in [0, 0.05) is 21.7 Å². The molecule has 3 aromatic rings. The van der Waals surface area contributed by atoms with Gasteiger partial charge in [-0.2, -0.15) is 0 Å². The van der Waals surface area contributed by atoms with E-state index in [1.807, 2.05) is 0 Å². The van der Waals surface area contributed by atoms with Crippen LogP contribution in [0.2, 0.25) is 5.02 Å². The van der Waals surface area contributed by atoms with Crippen molar-refractivity contribution in [3.63, 3.8) is 0 Å². The van der Waals surface area contributed by atoms with Crippen LogP contribution in [0.4, 0.5) is 10.1 Å². The largest absolute Gasteiger partial charge is 0.453 e. The average molecular weight is 290 g/mol. The van der Waals surface area contributed by atoms with Crippen molar-refractivity contribution >= 4 is 34.0 Å². The molecular formula is C15H9ClFNO2. The van der Waals surface area contributed by atoms with Crippen molar-refractivity contribution in [1.82, 2.24) is 0 Å². The van der Waals surface area contributed by atoms with E-state index in [-0.39, 0.29) is 23.0 Å². The molecule has 5 heteroatoms. The first-order valence-electron chi connectivity index (χ1n) is 5.83. The number of furan rings is 1. The Hall–Kier alpha value is -2.33. The van der Waals surface area contributed by atoms with Crippen LogP contribution in [-0.2, 0) is 0 Å². The highest BCUT2D eigenvalue weighted by atomic mass is 35.5. The van der Waals surface area contributed by atoms with Gasteiger partial charge in [-0.3, -0.25) is 4.79 Å². The van der Waals surface area contributed by atoms with Gasteiger partial charge in [-0.25, -0.2) is 4.39 Å². The van der Waals surface area contributed by atoms with Crippen molar-refractivity contribution in [2.75, 3.05) is 5.73 Å². The lowest BCUT2D eigenvalue weighted by atomic mass is 10.1. The third kappa shape index (κ3) is 2.14. The molecule has 2 N–H and O–H groups in total. The Bertz CT molecular complexity index is 826. The second kappa shape index (κ2) is 4.65. The van der Waals surface area contributed by atoms with Gasteiger partial charge in [0.05, 0.1) is 0 Å². The molecule has 1 aromatic heterocycles. The summed E-state index contributed by atoms with van der Waals surface area (Å²) < 4.78 is 18.5. The number of nitrogens with two attached hydrogens (primary N) is 1. The molecular weight excluding hydrogens is 281 g/mol. The lowest BCUT2D eigenvalue weighted by Gasteiger charge is -2.02. The fraction of sp³-hybridized carbons (Fsp3) is 0. The molecule has 20 heavy (non-hydrogen) atoms. The zero-order valence-electron chi connectivity index (χ0n) is 10.2. The van der Waals surface area contributed by atoms with Crippen LogP contribution in [0.15, 0.2) is 46.9 Å². The number of hydrogen-bond acceptors (Lipinski definition) is 3. The van der Waals surface area contributed by atoms with Gasteiger partial charge >= 0.3 is 0 Å². The van der Waals surface area contributed by atoms with Gasteiger partial charge in [0.1, 0.15) is 11.4 Å². The number of fused-ring (bicyclic) bond motifs is 1. The highest BCUT2D eigenvalue weighted by Gasteiger charge is 2.17. The van der Waals surface area contributed by atoms with Crippen molar-refractivity contribution in [3.8, 4) is 0 Å². The third-order valence-corrected chi connectivity index (χ3v) is 3.20. The summed E-state index contributed by atoms with van der Waals surface area (Å²) in [5.74, 6) is -0.640. The van der Waals surface area contributed by atoms with Crippen molar-refractivity contribution in [2.45, 2.75) is 0 Å². The van der Waals surface area contributed by atoms with E-state index in [2.05, 4.69) is 0 Å². The van der Waals surface area contributed by atoms with Crippen LogP contribution in [0, 0.1) is 5.82 Å². The van der Waals surface area contributed by atoms with E-state index >= 15 is 0 Å². The van der Waals surface area contributed by atoms with Gasteiger partial charge in [-0.1, -0.05) is 11.6 Å². The zero-order valence-corrected chi connectivity index (χ0v) is 10.9. The Morgan fingerprint density at radius 3 is 2.70 bits per heavy atom. The molecule has 2 aromatic carbocycles. The minimum atomic E-state index is -0.386. The molecule has 0 radical (unpaired) electrons. The number of benzene rings is 2. The van der Waals surface area contributed by atoms with Gasteiger partial charge < -0.3 is 10.2 Å². The molecule has 100 valence electrons. The molecule has 0 saturated carbocycles. The standard InChI is InChI=1S/C15H9ClFNO2/c16-9-1-3-11(12(18)7-9)15(19)14-6-8-5-10(17)2-4-13(8)20-14/h1-7H,18H2. The number of rotatable bonds is 2. The molecule has 0 unspecified atom stereocenters. The summed E-state index contributed by atoms with van der Waals surface area (Å²) in [5, 5.41) is 0.978. The number of carbonyl (C=O) groups excluding carboxylic acids is 1. The van der Waals surface area contributed by atoms with Gasteiger partial charge in [-0.05, 0) is 42.5 Å². The quantitative estimate of drug-likeness (QED) is 0.572. The lowest BCUT2D eigenvalue weighted by molar-refractivity contribution is 0.101. The number of hydrogen-bond donors (Lipinski definition) is 1. The topological polar surface area (TPSA) is 56.2 Å². The second-order valence-electron chi connectivity index (χ2n) is 4.35. The van der Waals surface area contributed by atoms with Crippen LogP contribution in [0.1, 0.15) is 16.1 Å². The van der Waals surface area contributed by atoms with E-state index < -0.39 is 0 Å². The number of nitrogen functional groups attached to an aromatic ring is 1. The highest BCUT2D eigenvalue weighted by Crippen LogP contribution is 2.25. The Balaban J connectivity index is 2.08. The molecule has 0 spiro atoms. The summed E-state index contributed by atoms with van der Waals surface area (Å²) in [7, 11) is 0. The first-order chi connectivity index (χ1) is 9.54. The van der Waals surface area contributed by atoms with Crippen LogP contribution in [0.3, 0.4) is 0 Å². The monoisotopic (exact) mass is 289 g/mol. The maximum atomic E-state index is 13.1. The van der Waals surface area contributed by atoms with E-state index in [0.717, 1.165) is 0 Å². The summed E-state index contributed by atoms with van der Waals surface area (Å²) in [6, 6.07) is 10.2. The molecule has 0 atom stereocenters. The van der Waals surface area contributed by atoms with Crippen LogP contribution in [0.5, 0.6) is 0 Å². The summed E-state index contributed by atoms with van der Waals surface area (Å²) in [5.41, 5.74) is 6.79. The molecule has 0 saturated heterocycles. The Kier molecular flexibility index (Phi) is 2.95. The van der Waals surface area contributed by atoms with Crippen molar-refractivity contribution in [1.29, 1.82) is 0 Å². The first-order valence-corrected chi connectivity index (χ1v) is 6.21. The fourth-order valence-corrected chi connectivity index (χ4v) is 2.18. The van der Waals surface area contributed by atoms with Crippen LogP contribution >= 0.6 is 11.6 Å². The highest BCUT2D eigenvalue weighted by molar-refractivity contribution is 6.31. The van der Waals surface area contributed by atoms with Crippen LogP contribution in [-0.4, -0.2) is 5.78 Å². The van der Waals surface area contributed by atoms with E-state index in [1.165, 1.54) is 36.4 Å². The molecule has 0 bridgehead atoms. The van der Waals surface area contributed by atoms with Gasteiger partial charge in [0.25, 0.3) is 0 Å². The predicted molar refractivity (Wildman–Crippen MR) is 75.5 cm³/mol. The fourth-order valence-electron chi connectivity index (χ4n) is 2.00. The molecule has 0 aliphatic carbocycles. The predicted octanol–water partition coefficient (Wildman–Crippen LogP) is 4.04. The first kappa shape index (κ1) is 12.7. The number of carbonyl (C=O) groups is 1. The number of anilines is 1. The zero-order chi connectivity index (χ0) is 14.3. The van der Waals surface area contributed by atoms with Crippen molar-refractivity contribution in [2.24, 2.45) is 0 Å². The van der Waals surface area contributed by atoms with Crippen LogP contribution in [0.25, 0.3) is 11.0 Å². The normalized spacial score (nSPS) is 10.9. The minimum absolute atomic E-state index is 0.111. The summed E-state index contributed by atoms with van der Waals surface area (Å²) in [6.45, 7) is 0. The smallest absolute Gasteiger partial charge is 0.230 e. The molecule has 0 aliphatic heterocycles. The maximum absolute atomic E-state index is 13.1. The maximum Gasteiger partial charge on any atom is 0.230 e. The summed E-state index contributed by atoms with van der Waals surface area (Å²) in [4.78, 5) is 12.3. The van der Waals surface area contributed by atoms with E-state index in [4.69, 9.17) is 21.8 Å². The molecule has 3 rings (SSSR count). The molecule has 0 amide bonds. The van der Waals surface area contributed by atoms with Crippen molar-refractivity contribution < 1.29 is 13.6 Å². The number of halogens is 2. The SMILES string of the molecule is Nc1cc(Cl)ccc1C(=O)c1cc2cc(F)ccc2o1. The van der Waals surface area contributed by atoms with Gasteiger partial charge in [-0.15, -0.1) is 0 Å². The second-order valence-corrected chi connectivity index (χ2v) is 4.79. The Morgan fingerprint density at radius 1 is 1.15 bits per heavy atom. The average Bonchev–Trinajstić information content (AvgIpc) is 2.81. The van der Waals surface area contributed by atoms with E-state index in [1.54, 1.807) is 6.07 Å². The van der Waals surface area contributed by atoms with Crippen molar-refractivity contribution in [3.05, 3.63) is 64.6 Å².